The molecule has 0 aliphatic heterocycles. The number of benzene rings is 3. The number of fused-ring (bicyclic) bond motifs is 2. The van der Waals surface area contributed by atoms with Gasteiger partial charge in [0.15, 0.2) is 11.5 Å². The molecule has 3 aromatic heterocycles. The summed E-state index contributed by atoms with van der Waals surface area (Å²) in [5, 5.41) is 16.3. The van der Waals surface area contributed by atoms with Gasteiger partial charge in [-0.05, 0) is 60.0 Å². The van der Waals surface area contributed by atoms with Gasteiger partial charge in [0.25, 0.3) is 5.56 Å². The molecular weight excluding hydrogens is 805 g/mol. The molecule has 1 amide bonds. The number of sulfonamides is 1. The van der Waals surface area contributed by atoms with Gasteiger partial charge in [0.2, 0.25) is 15.9 Å². The van der Waals surface area contributed by atoms with E-state index in [9.17, 15) is 45.1 Å². The zero-order chi connectivity index (χ0) is 41.2. The Morgan fingerprint density at radius 2 is 1.70 bits per heavy atom. The second-order valence-electron chi connectivity index (χ2n) is 12.6. The van der Waals surface area contributed by atoms with Crippen molar-refractivity contribution in [1.82, 2.24) is 29.6 Å². The van der Waals surface area contributed by atoms with Gasteiger partial charge in [-0.3, -0.25) is 18.8 Å². The van der Waals surface area contributed by atoms with Crippen molar-refractivity contribution in [3.05, 3.63) is 111 Å². The number of pyridine rings is 1. The van der Waals surface area contributed by atoms with Crippen LogP contribution < -0.4 is 25.1 Å². The summed E-state index contributed by atoms with van der Waals surface area (Å²) in [7, 11) is -1.13. The van der Waals surface area contributed by atoms with Gasteiger partial charge in [0, 0.05) is 25.6 Å². The molecule has 0 radical (unpaired) electrons. The molecule has 0 spiro atoms. The second kappa shape index (κ2) is 16.2. The summed E-state index contributed by atoms with van der Waals surface area (Å²) < 4.78 is 109. The Morgan fingerprint density at radius 3 is 2.35 bits per heavy atom. The summed E-state index contributed by atoms with van der Waals surface area (Å²) in [6.45, 7) is -0.808. The van der Waals surface area contributed by atoms with Crippen molar-refractivity contribution in [2.75, 3.05) is 24.2 Å². The van der Waals surface area contributed by atoms with Crippen molar-refractivity contribution in [2.24, 2.45) is 7.05 Å². The number of aryl methyl sites for hydroxylation is 2. The monoisotopic (exact) mass is 835 g/mol. The van der Waals surface area contributed by atoms with Crippen LogP contribution in [0.2, 0.25) is 5.02 Å². The lowest BCUT2D eigenvalue weighted by atomic mass is 10.0. The average molecular weight is 836 g/mol. The predicted molar refractivity (Wildman–Crippen MR) is 199 cm³/mol. The molecule has 57 heavy (non-hydrogen) atoms. The maximum Gasteiger partial charge on any atom is 0.405 e. The summed E-state index contributed by atoms with van der Waals surface area (Å²) in [6.07, 6.45) is -7.81. The molecular formula is C36H31ClF5N7O7S. The van der Waals surface area contributed by atoms with Crippen LogP contribution in [0.5, 0.6) is 11.6 Å². The Bertz CT molecular complexity index is 2640. The van der Waals surface area contributed by atoms with Crippen molar-refractivity contribution in [3.63, 3.8) is 0 Å². The summed E-state index contributed by atoms with van der Waals surface area (Å²) in [5.41, 5.74) is -0.529. The van der Waals surface area contributed by atoms with Crippen molar-refractivity contribution < 1.29 is 49.7 Å². The summed E-state index contributed by atoms with van der Waals surface area (Å²) in [5.74, 6) is -2.62. The van der Waals surface area contributed by atoms with E-state index in [1.807, 2.05) is 0 Å². The van der Waals surface area contributed by atoms with E-state index in [0.717, 1.165) is 22.8 Å². The Morgan fingerprint density at radius 1 is 1.00 bits per heavy atom. The molecule has 6 aromatic rings. The van der Waals surface area contributed by atoms with E-state index in [2.05, 4.69) is 25.1 Å². The van der Waals surface area contributed by atoms with Crippen LogP contribution in [-0.4, -0.2) is 69.6 Å². The van der Waals surface area contributed by atoms with E-state index in [4.69, 9.17) is 21.1 Å². The molecule has 21 heteroatoms. The number of ether oxygens (including phenoxy) is 2. The van der Waals surface area contributed by atoms with Gasteiger partial charge in [0.05, 0.1) is 58.9 Å². The van der Waals surface area contributed by atoms with Crippen LogP contribution in [0.4, 0.5) is 32.6 Å². The first kappa shape index (κ1) is 40.6. The smallest absolute Gasteiger partial charge is 0.405 e. The molecule has 3 heterocycles. The molecule has 0 saturated heterocycles. The van der Waals surface area contributed by atoms with Gasteiger partial charge >= 0.3 is 12.3 Å². The van der Waals surface area contributed by atoms with Crippen LogP contribution in [-0.2, 0) is 29.9 Å². The minimum Gasteiger partial charge on any atom is -0.497 e. The number of aromatic nitrogens is 5. The van der Waals surface area contributed by atoms with Crippen molar-refractivity contribution in [3.8, 4) is 17.3 Å². The number of carbonyl (C=O) groups is 1. The van der Waals surface area contributed by atoms with Crippen LogP contribution in [0.25, 0.3) is 27.6 Å². The fourth-order valence-corrected chi connectivity index (χ4v) is 7.34. The van der Waals surface area contributed by atoms with Crippen molar-refractivity contribution in [1.29, 1.82) is 0 Å². The second-order valence-corrected chi connectivity index (χ2v) is 14.9. The number of hydrogen-bond donors (Lipinski definition) is 3. The number of hydrogen-bond acceptors (Lipinski definition) is 9. The first-order valence-corrected chi connectivity index (χ1v) is 18.8. The summed E-state index contributed by atoms with van der Waals surface area (Å²) in [6, 6.07) is 12.8. The number of alkyl halides is 3. The normalized spacial score (nSPS) is 12.5. The number of rotatable bonds is 14. The molecule has 0 fully saturated rings. The topological polar surface area (TPSA) is 180 Å². The van der Waals surface area contributed by atoms with Gasteiger partial charge in [-0.1, -0.05) is 23.7 Å². The van der Waals surface area contributed by atoms with Gasteiger partial charge in [-0.25, -0.2) is 27.0 Å². The van der Waals surface area contributed by atoms with Crippen molar-refractivity contribution in [2.45, 2.75) is 31.5 Å². The van der Waals surface area contributed by atoms with Gasteiger partial charge < -0.3 is 19.9 Å². The van der Waals surface area contributed by atoms with Gasteiger partial charge in [0.1, 0.15) is 23.2 Å². The highest BCUT2D eigenvalue weighted by atomic mass is 35.5. The molecule has 0 bridgehead atoms. The quantitative estimate of drug-likeness (QED) is 0.103. The maximum atomic E-state index is 14.5. The number of nitrogens with one attached hydrogen (secondary N) is 2. The predicted octanol–water partition coefficient (Wildman–Crippen LogP) is 6.47. The maximum absolute atomic E-state index is 14.5. The summed E-state index contributed by atoms with van der Waals surface area (Å²) in [4.78, 5) is 35.3. The van der Waals surface area contributed by atoms with Gasteiger partial charge in [-0.15, -0.1) is 0 Å². The molecule has 6 rings (SSSR count). The van der Waals surface area contributed by atoms with E-state index in [0.29, 0.717) is 17.4 Å². The Balaban J connectivity index is 1.50. The minimum atomic E-state index is -4.53. The zero-order valence-electron chi connectivity index (χ0n) is 29.8. The zero-order valence-corrected chi connectivity index (χ0v) is 31.3. The van der Waals surface area contributed by atoms with E-state index >= 15 is 0 Å². The van der Waals surface area contributed by atoms with E-state index in [-0.39, 0.29) is 67.9 Å². The van der Waals surface area contributed by atoms with Crippen LogP contribution in [0.1, 0.15) is 29.4 Å². The molecule has 14 nitrogen and oxygen atoms in total. The van der Waals surface area contributed by atoms with E-state index < -0.39 is 65.0 Å². The SMILES string of the molecule is COc1ccc(CCS(=O)(=O)Nc2nn(C)c3c(-n4c([C@H](Cc5cc(F)cc(F)c5)NC(=O)O)nc5nc(OCCC(F)(F)F)ccc5c4=O)ccc(Cl)c23)cc1. The van der Waals surface area contributed by atoms with E-state index in [1.54, 1.807) is 24.3 Å². The average Bonchev–Trinajstić information content (AvgIpc) is 3.45. The first-order chi connectivity index (χ1) is 26.9. The fourth-order valence-electron chi connectivity index (χ4n) is 6.06. The highest BCUT2D eigenvalue weighted by Crippen LogP contribution is 2.36. The lowest BCUT2D eigenvalue weighted by Crippen LogP contribution is -2.35. The van der Waals surface area contributed by atoms with Crippen LogP contribution in [0, 0.1) is 11.6 Å². The molecule has 0 unspecified atom stereocenters. The van der Waals surface area contributed by atoms with Crippen LogP contribution in [0.15, 0.2) is 71.5 Å². The molecule has 0 aliphatic rings. The molecule has 0 saturated carbocycles. The number of carboxylic acid groups (broad SMARTS) is 1. The molecule has 300 valence electrons. The highest BCUT2D eigenvalue weighted by Gasteiger charge is 2.29. The van der Waals surface area contributed by atoms with E-state index in [1.165, 1.54) is 37.0 Å². The number of anilines is 1. The molecule has 3 aromatic carbocycles. The number of methoxy groups -OCH3 is 1. The third-order valence-electron chi connectivity index (χ3n) is 8.57. The highest BCUT2D eigenvalue weighted by molar-refractivity contribution is 7.92. The van der Waals surface area contributed by atoms with Crippen LogP contribution >= 0.6 is 11.6 Å². The number of amides is 1. The minimum absolute atomic E-state index is 0.0100. The molecule has 3 N–H and O–H groups in total. The summed E-state index contributed by atoms with van der Waals surface area (Å²) >= 11 is 6.64. The van der Waals surface area contributed by atoms with Crippen molar-refractivity contribution >= 4 is 55.5 Å². The third-order valence-corrected chi connectivity index (χ3v) is 10.1. The first-order valence-electron chi connectivity index (χ1n) is 16.8. The number of halogens is 6. The molecule has 1 atom stereocenters. The Hall–Kier alpha value is -6.02. The molecule has 0 aliphatic carbocycles. The Labute approximate surface area is 324 Å². The lowest BCUT2D eigenvalue weighted by Gasteiger charge is -2.22. The largest absolute Gasteiger partial charge is 0.497 e. The van der Waals surface area contributed by atoms with Crippen LogP contribution in [0.3, 0.4) is 0 Å². The number of nitrogens with zero attached hydrogens (tertiary/aromatic N) is 5. The van der Waals surface area contributed by atoms with Gasteiger partial charge in [-0.2, -0.15) is 23.3 Å². The third kappa shape index (κ3) is 9.51. The fraction of sp³-hybridized carbons (Fsp3) is 0.250. The lowest BCUT2D eigenvalue weighted by molar-refractivity contribution is -0.139. The standard InChI is InChI=1S/C36H31ClF5N7O7S/c1-48-30-27(9-8-25(37)29(30)32(46-48)47-57(53,54)14-11-19-3-5-23(55-2)6-4-19)49-33(26(43-35(51)52)17-20-15-21(38)18-22(39)16-20)45-31-24(34(49)50)7-10-28(44-31)56-13-12-36(40,41)42/h3-10,15-16,18,26,43H,11-14,17H2,1-2H3,(H,46,47)(H,51,52)/t26-/m0/s1. The Kier molecular flexibility index (Phi) is 11.6.